The van der Waals surface area contributed by atoms with Crippen LogP contribution >= 0.6 is 23.4 Å². The molecule has 0 N–H and O–H groups in total. The topological polar surface area (TPSA) is 12.9 Å². The fourth-order valence-corrected chi connectivity index (χ4v) is 3.59. The molecule has 1 atom stereocenters. The van der Waals surface area contributed by atoms with E-state index in [1.54, 1.807) is 30.1 Å². The highest BCUT2D eigenvalue weighted by atomic mass is 35.5. The molecule has 0 spiro atoms. The Morgan fingerprint density at radius 2 is 1.68 bits per heavy atom. The molecule has 0 saturated carbocycles. The van der Waals surface area contributed by atoms with E-state index in [0.717, 1.165) is 16.0 Å². The summed E-state index contributed by atoms with van der Waals surface area (Å²) in [6.45, 7) is 0. The summed E-state index contributed by atoms with van der Waals surface area (Å²) in [6.07, 6.45) is 3.57. The predicted octanol–water partition coefficient (Wildman–Crippen LogP) is 5.76. The quantitative estimate of drug-likeness (QED) is 0.565. The average molecular weight is 330 g/mol. The molecular weight excluding hydrogens is 317 g/mol. The smallest absolute Gasteiger partial charge is 0.123 e. The highest BCUT2D eigenvalue weighted by molar-refractivity contribution is 7.99. The Bertz CT molecular complexity index is 747. The Morgan fingerprint density at radius 3 is 2.36 bits per heavy atom. The summed E-state index contributed by atoms with van der Waals surface area (Å²) >= 11 is 7.91. The van der Waals surface area contributed by atoms with Gasteiger partial charge in [0.15, 0.2) is 0 Å². The fraction of sp³-hybridized carbons (Fsp3) is 0.0556. The van der Waals surface area contributed by atoms with E-state index in [1.165, 1.54) is 12.1 Å². The molecule has 3 aromatic rings. The van der Waals surface area contributed by atoms with Crippen molar-refractivity contribution in [3.8, 4) is 0 Å². The van der Waals surface area contributed by atoms with Gasteiger partial charge in [0, 0.05) is 17.3 Å². The van der Waals surface area contributed by atoms with Crippen molar-refractivity contribution in [2.75, 3.05) is 0 Å². The van der Waals surface area contributed by atoms with E-state index in [4.69, 9.17) is 11.6 Å². The molecule has 4 heteroatoms. The summed E-state index contributed by atoms with van der Waals surface area (Å²) in [6, 6.07) is 18.2. The van der Waals surface area contributed by atoms with Gasteiger partial charge in [0.25, 0.3) is 0 Å². The van der Waals surface area contributed by atoms with Crippen LogP contribution in [-0.2, 0) is 0 Å². The summed E-state index contributed by atoms with van der Waals surface area (Å²) in [5.41, 5.74) is 2.07. The number of nitrogens with zero attached hydrogens (tertiary/aromatic N) is 1. The van der Waals surface area contributed by atoms with E-state index < -0.39 is 0 Å². The molecule has 0 amide bonds. The second-order valence-corrected chi connectivity index (χ2v) is 6.32. The van der Waals surface area contributed by atoms with Crippen molar-refractivity contribution in [3.05, 3.63) is 95.0 Å². The molecule has 0 aliphatic heterocycles. The first-order valence-electron chi connectivity index (χ1n) is 6.80. The van der Waals surface area contributed by atoms with Gasteiger partial charge >= 0.3 is 0 Å². The molecular formula is C18H13ClFNS. The Balaban J connectivity index is 2.00. The van der Waals surface area contributed by atoms with E-state index in [0.29, 0.717) is 5.02 Å². The highest BCUT2D eigenvalue weighted by Crippen LogP contribution is 2.42. The SMILES string of the molecule is Fc1ccc(C(Sc2ccccc2Cl)c2cccnc2)cc1. The third-order valence-corrected chi connectivity index (χ3v) is 5.07. The number of hydrogen-bond donors (Lipinski definition) is 0. The predicted molar refractivity (Wildman–Crippen MR) is 89.8 cm³/mol. The molecule has 1 unspecified atom stereocenters. The number of pyridine rings is 1. The lowest BCUT2D eigenvalue weighted by atomic mass is 10.1. The van der Waals surface area contributed by atoms with Gasteiger partial charge in [-0.3, -0.25) is 4.98 Å². The molecule has 0 radical (unpaired) electrons. The summed E-state index contributed by atoms with van der Waals surface area (Å²) in [4.78, 5) is 5.18. The van der Waals surface area contributed by atoms with Gasteiger partial charge < -0.3 is 0 Å². The van der Waals surface area contributed by atoms with E-state index in [2.05, 4.69) is 4.98 Å². The minimum absolute atomic E-state index is 0.00852. The lowest BCUT2D eigenvalue weighted by Crippen LogP contribution is -1.98. The summed E-state index contributed by atoms with van der Waals surface area (Å²) < 4.78 is 13.2. The largest absolute Gasteiger partial charge is 0.264 e. The molecule has 0 fully saturated rings. The van der Waals surface area contributed by atoms with Crippen LogP contribution in [0.5, 0.6) is 0 Å². The standard InChI is InChI=1S/C18H13ClFNS/c19-16-5-1-2-6-17(16)22-18(14-4-3-11-21-12-14)13-7-9-15(20)10-8-13/h1-12,18H. The van der Waals surface area contributed by atoms with E-state index in [1.807, 2.05) is 42.6 Å². The van der Waals surface area contributed by atoms with Gasteiger partial charge in [0.05, 0.1) is 10.3 Å². The van der Waals surface area contributed by atoms with Crippen molar-refractivity contribution in [2.45, 2.75) is 10.1 Å². The molecule has 110 valence electrons. The first kappa shape index (κ1) is 15.1. The molecule has 3 rings (SSSR count). The minimum atomic E-state index is -0.239. The van der Waals surface area contributed by atoms with Gasteiger partial charge in [-0.05, 0) is 41.5 Å². The second kappa shape index (κ2) is 6.95. The first-order valence-corrected chi connectivity index (χ1v) is 8.06. The molecule has 1 nitrogen and oxygen atoms in total. The van der Waals surface area contributed by atoms with Gasteiger partial charge in [0.2, 0.25) is 0 Å². The fourth-order valence-electron chi connectivity index (χ4n) is 2.16. The van der Waals surface area contributed by atoms with E-state index in [9.17, 15) is 4.39 Å². The third kappa shape index (κ3) is 3.49. The highest BCUT2D eigenvalue weighted by Gasteiger charge is 2.17. The van der Waals surface area contributed by atoms with Gasteiger partial charge in [-0.25, -0.2) is 4.39 Å². The molecule has 0 aliphatic carbocycles. The number of thioether (sulfide) groups is 1. The lowest BCUT2D eigenvalue weighted by Gasteiger charge is -2.18. The first-order chi connectivity index (χ1) is 10.7. The number of rotatable bonds is 4. The zero-order valence-electron chi connectivity index (χ0n) is 11.6. The Morgan fingerprint density at radius 1 is 0.909 bits per heavy atom. The Kier molecular flexibility index (Phi) is 4.76. The summed E-state index contributed by atoms with van der Waals surface area (Å²) in [7, 11) is 0. The number of halogens is 2. The van der Waals surface area contributed by atoms with Crippen LogP contribution in [0, 0.1) is 5.82 Å². The van der Waals surface area contributed by atoms with Crippen LogP contribution in [0.3, 0.4) is 0 Å². The molecule has 0 aliphatic rings. The third-order valence-electron chi connectivity index (χ3n) is 3.24. The summed E-state index contributed by atoms with van der Waals surface area (Å²) in [5.74, 6) is -0.239. The normalized spacial score (nSPS) is 12.1. The van der Waals surface area contributed by atoms with Crippen LogP contribution in [0.15, 0.2) is 78.0 Å². The van der Waals surface area contributed by atoms with Crippen molar-refractivity contribution in [1.29, 1.82) is 0 Å². The van der Waals surface area contributed by atoms with Crippen molar-refractivity contribution in [3.63, 3.8) is 0 Å². The maximum atomic E-state index is 13.2. The molecule has 0 saturated heterocycles. The number of benzene rings is 2. The maximum absolute atomic E-state index is 13.2. The van der Waals surface area contributed by atoms with Gasteiger partial charge in [-0.1, -0.05) is 41.9 Å². The summed E-state index contributed by atoms with van der Waals surface area (Å²) in [5, 5.41) is 0.720. The molecule has 2 aromatic carbocycles. The van der Waals surface area contributed by atoms with Crippen LogP contribution < -0.4 is 0 Å². The van der Waals surface area contributed by atoms with Crippen LogP contribution in [0.2, 0.25) is 5.02 Å². The lowest BCUT2D eigenvalue weighted by molar-refractivity contribution is 0.627. The average Bonchev–Trinajstić information content (AvgIpc) is 2.56. The van der Waals surface area contributed by atoms with Crippen molar-refractivity contribution >= 4 is 23.4 Å². The van der Waals surface area contributed by atoms with Crippen molar-refractivity contribution in [2.24, 2.45) is 0 Å². The molecule has 1 heterocycles. The Hall–Kier alpha value is -1.84. The van der Waals surface area contributed by atoms with Crippen LogP contribution in [0.4, 0.5) is 4.39 Å². The molecule has 1 aromatic heterocycles. The maximum Gasteiger partial charge on any atom is 0.123 e. The minimum Gasteiger partial charge on any atom is -0.264 e. The van der Waals surface area contributed by atoms with Crippen LogP contribution in [-0.4, -0.2) is 4.98 Å². The van der Waals surface area contributed by atoms with E-state index in [-0.39, 0.29) is 11.1 Å². The number of aromatic nitrogens is 1. The Labute approximate surface area is 138 Å². The molecule has 0 bridgehead atoms. The van der Waals surface area contributed by atoms with Crippen LogP contribution in [0.25, 0.3) is 0 Å². The second-order valence-electron chi connectivity index (χ2n) is 4.77. The molecule has 22 heavy (non-hydrogen) atoms. The van der Waals surface area contributed by atoms with Gasteiger partial charge in [-0.15, -0.1) is 11.8 Å². The van der Waals surface area contributed by atoms with Crippen LogP contribution in [0.1, 0.15) is 16.4 Å². The van der Waals surface area contributed by atoms with E-state index >= 15 is 0 Å². The zero-order valence-corrected chi connectivity index (χ0v) is 13.2. The zero-order chi connectivity index (χ0) is 15.4. The van der Waals surface area contributed by atoms with Gasteiger partial charge in [-0.2, -0.15) is 0 Å². The monoisotopic (exact) mass is 329 g/mol. The van der Waals surface area contributed by atoms with Crippen molar-refractivity contribution < 1.29 is 4.39 Å². The number of hydrogen-bond acceptors (Lipinski definition) is 2. The van der Waals surface area contributed by atoms with Crippen molar-refractivity contribution in [1.82, 2.24) is 4.98 Å². The van der Waals surface area contributed by atoms with Gasteiger partial charge in [0.1, 0.15) is 5.82 Å².